The van der Waals surface area contributed by atoms with Gasteiger partial charge in [-0.15, -0.1) is 0 Å². The lowest BCUT2D eigenvalue weighted by molar-refractivity contribution is -0.150. The van der Waals surface area contributed by atoms with Crippen molar-refractivity contribution in [1.82, 2.24) is 10.2 Å². The second-order valence-corrected chi connectivity index (χ2v) is 6.60. The average molecular weight is 353 g/mol. The molecule has 1 heterocycles. The number of nitrogens with one attached hydrogen (secondary N) is 1. The first kappa shape index (κ1) is 18.7. The second-order valence-electron chi connectivity index (χ2n) is 6.17. The number of ether oxygens (including phenoxy) is 1. The van der Waals surface area contributed by atoms with Gasteiger partial charge in [-0.3, -0.25) is 14.5 Å². The summed E-state index contributed by atoms with van der Waals surface area (Å²) in [5.74, 6) is -0.320. The highest BCUT2D eigenvalue weighted by molar-refractivity contribution is 6.30. The summed E-state index contributed by atoms with van der Waals surface area (Å²) >= 11 is 5.88. The number of hydrogen-bond acceptors (Lipinski definition) is 4. The molecule has 2 atom stereocenters. The standard InChI is InChI=1S/C18H25ClN2O3/c1-3-24-18(23)15-5-4-10-21(11-15)12-17(22)20-13(2)14-6-8-16(19)9-7-14/h6-9,13,15H,3-5,10-12H2,1-2H3,(H,20,22)/t13-,15+/m0/s1. The van der Waals surface area contributed by atoms with Crippen LogP contribution in [0.4, 0.5) is 0 Å². The van der Waals surface area contributed by atoms with E-state index in [1.54, 1.807) is 0 Å². The number of carbonyl (C=O) groups is 2. The zero-order chi connectivity index (χ0) is 17.5. The highest BCUT2D eigenvalue weighted by atomic mass is 35.5. The Kier molecular flexibility index (Phi) is 7.06. The van der Waals surface area contributed by atoms with E-state index >= 15 is 0 Å². The van der Waals surface area contributed by atoms with E-state index in [2.05, 4.69) is 5.32 Å². The van der Waals surface area contributed by atoms with E-state index in [-0.39, 0.29) is 23.8 Å². The first-order chi connectivity index (χ1) is 11.5. The maximum atomic E-state index is 12.3. The lowest BCUT2D eigenvalue weighted by Crippen LogP contribution is -2.45. The first-order valence-corrected chi connectivity index (χ1v) is 8.81. The van der Waals surface area contributed by atoms with E-state index in [4.69, 9.17) is 16.3 Å². The quantitative estimate of drug-likeness (QED) is 0.800. The molecule has 0 spiro atoms. The third-order valence-corrected chi connectivity index (χ3v) is 4.49. The van der Waals surface area contributed by atoms with Crippen LogP contribution in [0.3, 0.4) is 0 Å². The molecule has 0 saturated carbocycles. The van der Waals surface area contributed by atoms with Crippen LogP contribution >= 0.6 is 11.6 Å². The Morgan fingerprint density at radius 1 is 1.38 bits per heavy atom. The molecular weight excluding hydrogens is 328 g/mol. The predicted molar refractivity (Wildman–Crippen MR) is 93.8 cm³/mol. The van der Waals surface area contributed by atoms with Crippen LogP contribution in [0.5, 0.6) is 0 Å². The number of amides is 1. The molecule has 1 fully saturated rings. The number of hydrogen-bond donors (Lipinski definition) is 1. The minimum Gasteiger partial charge on any atom is -0.466 e. The van der Waals surface area contributed by atoms with E-state index in [1.807, 2.05) is 43.0 Å². The van der Waals surface area contributed by atoms with Crippen molar-refractivity contribution in [2.24, 2.45) is 5.92 Å². The summed E-state index contributed by atoms with van der Waals surface area (Å²) in [6, 6.07) is 7.36. The number of carbonyl (C=O) groups excluding carboxylic acids is 2. The van der Waals surface area contributed by atoms with E-state index in [1.165, 1.54) is 0 Å². The number of benzene rings is 1. The summed E-state index contributed by atoms with van der Waals surface area (Å²) in [5.41, 5.74) is 1.01. The fourth-order valence-electron chi connectivity index (χ4n) is 2.98. The van der Waals surface area contributed by atoms with Gasteiger partial charge in [0.25, 0.3) is 0 Å². The van der Waals surface area contributed by atoms with Crippen LogP contribution in [-0.4, -0.2) is 43.0 Å². The van der Waals surface area contributed by atoms with E-state index in [0.29, 0.717) is 24.7 Å². The summed E-state index contributed by atoms with van der Waals surface area (Å²) in [4.78, 5) is 26.2. The number of esters is 1. The molecule has 6 heteroatoms. The predicted octanol–water partition coefficient (Wildman–Crippen LogP) is 2.79. The monoisotopic (exact) mass is 352 g/mol. The van der Waals surface area contributed by atoms with Gasteiger partial charge in [-0.2, -0.15) is 0 Å². The molecule has 1 aromatic carbocycles. The SMILES string of the molecule is CCOC(=O)[C@@H]1CCCN(CC(=O)N[C@@H](C)c2ccc(Cl)cc2)C1. The minimum atomic E-state index is -0.155. The lowest BCUT2D eigenvalue weighted by Gasteiger charge is -2.31. The van der Waals surface area contributed by atoms with Gasteiger partial charge in [0.15, 0.2) is 0 Å². The average Bonchev–Trinajstić information content (AvgIpc) is 2.55. The molecule has 1 aliphatic heterocycles. The number of halogens is 1. The van der Waals surface area contributed by atoms with Crippen molar-refractivity contribution in [2.75, 3.05) is 26.2 Å². The molecule has 0 unspecified atom stereocenters. The van der Waals surface area contributed by atoms with E-state index < -0.39 is 0 Å². The highest BCUT2D eigenvalue weighted by Crippen LogP contribution is 2.19. The fourth-order valence-corrected chi connectivity index (χ4v) is 3.10. The summed E-state index contributed by atoms with van der Waals surface area (Å²) in [6.45, 7) is 5.87. The van der Waals surface area contributed by atoms with E-state index in [9.17, 15) is 9.59 Å². The molecule has 0 aliphatic carbocycles. The molecule has 1 amide bonds. The smallest absolute Gasteiger partial charge is 0.310 e. The lowest BCUT2D eigenvalue weighted by atomic mass is 9.98. The van der Waals surface area contributed by atoms with Crippen molar-refractivity contribution in [3.8, 4) is 0 Å². The van der Waals surface area contributed by atoms with Crippen molar-refractivity contribution >= 4 is 23.5 Å². The molecule has 132 valence electrons. The van der Waals surface area contributed by atoms with Gasteiger partial charge in [-0.25, -0.2) is 0 Å². The van der Waals surface area contributed by atoms with Crippen molar-refractivity contribution < 1.29 is 14.3 Å². The van der Waals surface area contributed by atoms with Crippen LogP contribution in [0.15, 0.2) is 24.3 Å². The zero-order valence-corrected chi connectivity index (χ0v) is 15.0. The van der Waals surface area contributed by atoms with Crippen molar-refractivity contribution in [2.45, 2.75) is 32.7 Å². The molecular formula is C18H25ClN2O3. The molecule has 24 heavy (non-hydrogen) atoms. The molecule has 1 aromatic rings. The normalized spacial score (nSPS) is 19.5. The van der Waals surface area contributed by atoms with Crippen LogP contribution in [0.25, 0.3) is 0 Å². The van der Waals surface area contributed by atoms with Crippen molar-refractivity contribution in [1.29, 1.82) is 0 Å². The van der Waals surface area contributed by atoms with Crippen LogP contribution in [0, 0.1) is 5.92 Å². The van der Waals surface area contributed by atoms with Gasteiger partial charge in [-0.05, 0) is 50.9 Å². The van der Waals surface area contributed by atoms with Gasteiger partial charge in [0.05, 0.1) is 25.1 Å². The highest BCUT2D eigenvalue weighted by Gasteiger charge is 2.27. The molecule has 2 rings (SSSR count). The van der Waals surface area contributed by atoms with Gasteiger partial charge in [0.1, 0.15) is 0 Å². The minimum absolute atomic E-state index is 0.0399. The molecule has 0 bridgehead atoms. The summed E-state index contributed by atoms with van der Waals surface area (Å²) in [7, 11) is 0. The molecule has 1 aliphatic rings. The Labute approximate surface area is 148 Å². The Hall–Kier alpha value is -1.59. The summed E-state index contributed by atoms with van der Waals surface area (Å²) < 4.78 is 5.09. The number of nitrogens with zero attached hydrogens (tertiary/aromatic N) is 1. The number of likely N-dealkylation sites (tertiary alicyclic amines) is 1. The molecule has 5 nitrogen and oxygen atoms in total. The van der Waals surface area contributed by atoms with Gasteiger partial charge >= 0.3 is 5.97 Å². The number of rotatable bonds is 6. The molecule has 0 radical (unpaired) electrons. The third kappa shape index (κ3) is 5.49. The molecule has 1 saturated heterocycles. The Bertz CT molecular complexity index is 562. The Morgan fingerprint density at radius 2 is 2.08 bits per heavy atom. The first-order valence-electron chi connectivity index (χ1n) is 8.43. The van der Waals surface area contributed by atoms with Crippen LogP contribution < -0.4 is 5.32 Å². The van der Waals surface area contributed by atoms with E-state index in [0.717, 1.165) is 24.9 Å². The maximum Gasteiger partial charge on any atom is 0.310 e. The molecule has 1 N–H and O–H groups in total. The second kappa shape index (κ2) is 9.04. The maximum absolute atomic E-state index is 12.3. The number of piperidine rings is 1. The summed E-state index contributed by atoms with van der Waals surface area (Å²) in [6.07, 6.45) is 1.74. The van der Waals surface area contributed by atoms with Crippen molar-refractivity contribution in [3.63, 3.8) is 0 Å². The zero-order valence-electron chi connectivity index (χ0n) is 14.3. The van der Waals surface area contributed by atoms with Gasteiger partial charge in [0, 0.05) is 11.6 Å². The van der Waals surface area contributed by atoms with Gasteiger partial charge < -0.3 is 10.1 Å². The van der Waals surface area contributed by atoms with Crippen LogP contribution in [-0.2, 0) is 14.3 Å². The fraction of sp³-hybridized carbons (Fsp3) is 0.556. The van der Waals surface area contributed by atoms with Gasteiger partial charge in [-0.1, -0.05) is 23.7 Å². The van der Waals surface area contributed by atoms with Gasteiger partial charge in [0.2, 0.25) is 5.91 Å². The topological polar surface area (TPSA) is 58.6 Å². The molecule has 0 aromatic heterocycles. The third-order valence-electron chi connectivity index (χ3n) is 4.24. The summed E-state index contributed by atoms with van der Waals surface area (Å²) in [5, 5.41) is 3.67. The largest absolute Gasteiger partial charge is 0.466 e. The van der Waals surface area contributed by atoms with Crippen LogP contribution in [0.2, 0.25) is 5.02 Å². The Balaban J connectivity index is 1.83. The van der Waals surface area contributed by atoms with Crippen molar-refractivity contribution in [3.05, 3.63) is 34.9 Å². The van der Waals surface area contributed by atoms with Crippen LogP contribution in [0.1, 0.15) is 38.3 Å². The Morgan fingerprint density at radius 3 is 2.75 bits per heavy atom.